The third-order valence-corrected chi connectivity index (χ3v) is 6.03. The van der Waals surface area contributed by atoms with Crippen molar-refractivity contribution in [3.05, 3.63) is 23.3 Å². The average molecular weight is 304 g/mol. The van der Waals surface area contributed by atoms with Gasteiger partial charge >= 0.3 is 11.9 Å². The van der Waals surface area contributed by atoms with Gasteiger partial charge in [-0.3, -0.25) is 4.79 Å². The molecule has 5 heteroatoms. The van der Waals surface area contributed by atoms with Gasteiger partial charge in [-0.25, -0.2) is 4.79 Å². The van der Waals surface area contributed by atoms with Crippen LogP contribution in [0.15, 0.2) is 23.3 Å². The van der Waals surface area contributed by atoms with Crippen molar-refractivity contribution in [1.82, 2.24) is 0 Å². The second kappa shape index (κ2) is 4.22. The molecule has 0 N–H and O–H groups in total. The molecule has 1 saturated carbocycles. The van der Waals surface area contributed by atoms with E-state index in [1.807, 2.05) is 13.0 Å². The molecule has 4 aliphatic rings. The zero-order valence-electron chi connectivity index (χ0n) is 13.0. The topological polar surface area (TPSA) is 61.8 Å². The van der Waals surface area contributed by atoms with Gasteiger partial charge in [0.05, 0.1) is 5.41 Å². The second-order valence-corrected chi connectivity index (χ2v) is 7.22. The van der Waals surface area contributed by atoms with Crippen LogP contribution in [0.1, 0.15) is 33.1 Å². The maximum atomic E-state index is 12.4. The molecule has 2 aliphatic carbocycles. The van der Waals surface area contributed by atoms with Crippen LogP contribution in [0, 0.1) is 16.7 Å². The first-order valence-electron chi connectivity index (χ1n) is 7.79. The van der Waals surface area contributed by atoms with Crippen molar-refractivity contribution in [2.45, 2.75) is 45.5 Å². The van der Waals surface area contributed by atoms with Gasteiger partial charge in [-0.05, 0) is 31.4 Å². The highest BCUT2D eigenvalue weighted by Gasteiger charge is 2.65. The fourth-order valence-corrected chi connectivity index (χ4v) is 5.10. The number of rotatable bonds is 1. The molecule has 2 fully saturated rings. The Hall–Kier alpha value is -1.62. The fraction of sp³-hybridized carbons (Fsp3) is 0.647. The van der Waals surface area contributed by atoms with Crippen molar-refractivity contribution >= 4 is 11.9 Å². The quantitative estimate of drug-likeness (QED) is 0.694. The molecular formula is C17H20O5. The summed E-state index contributed by atoms with van der Waals surface area (Å²) in [5.74, 6) is -0.429. The Morgan fingerprint density at radius 2 is 1.91 bits per heavy atom. The molecule has 0 aromatic rings. The summed E-state index contributed by atoms with van der Waals surface area (Å²) in [6.07, 6.45) is 5.26. The number of fused-ring (bicyclic) bond motifs is 2. The van der Waals surface area contributed by atoms with Gasteiger partial charge in [0.1, 0.15) is 6.10 Å². The molecule has 5 atom stereocenters. The van der Waals surface area contributed by atoms with E-state index in [-0.39, 0.29) is 29.4 Å². The minimum atomic E-state index is -0.710. The van der Waals surface area contributed by atoms with Crippen LogP contribution in [0.4, 0.5) is 0 Å². The van der Waals surface area contributed by atoms with E-state index in [4.69, 9.17) is 14.2 Å². The molecule has 0 bridgehead atoms. The van der Waals surface area contributed by atoms with E-state index in [2.05, 4.69) is 6.92 Å². The Balaban J connectivity index is 1.92. The van der Waals surface area contributed by atoms with Gasteiger partial charge in [0.2, 0.25) is 6.29 Å². The third-order valence-electron chi connectivity index (χ3n) is 6.03. The lowest BCUT2D eigenvalue weighted by Crippen LogP contribution is -2.51. The van der Waals surface area contributed by atoms with E-state index >= 15 is 0 Å². The highest BCUT2D eigenvalue weighted by Crippen LogP contribution is 2.64. The van der Waals surface area contributed by atoms with Crippen LogP contribution < -0.4 is 0 Å². The predicted octanol–water partition coefficient (Wildman–Crippen LogP) is 2.12. The van der Waals surface area contributed by atoms with Gasteiger partial charge in [-0.1, -0.05) is 13.3 Å². The van der Waals surface area contributed by atoms with E-state index in [1.165, 1.54) is 7.11 Å². The summed E-state index contributed by atoms with van der Waals surface area (Å²) in [6.45, 7) is 4.15. The number of methoxy groups -OCH3 is 1. The summed E-state index contributed by atoms with van der Waals surface area (Å²) >= 11 is 0. The van der Waals surface area contributed by atoms with Crippen molar-refractivity contribution in [2.75, 3.05) is 7.11 Å². The monoisotopic (exact) mass is 304 g/mol. The molecule has 0 amide bonds. The van der Waals surface area contributed by atoms with Gasteiger partial charge in [-0.15, -0.1) is 0 Å². The van der Waals surface area contributed by atoms with Crippen LogP contribution in [0.2, 0.25) is 0 Å². The molecule has 0 spiro atoms. The molecule has 118 valence electrons. The molecule has 4 rings (SSSR count). The first-order valence-corrected chi connectivity index (χ1v) is 7.79. The highest BCUT2D eigenvalue weighted by atomic mass is 16.7. The van der Waals surface area contributed by atoms with E-state index in [0.717, 1.165) is 30.4 Å². The highest BCUT2D eigenvalue weighted by molar-refractivity contribution is 5.87. The maximum Gasteiger partial charge on any atom is 0.333 e. The number of esters is 2. The number of carbonyl (C=O) groups excluding carboxylic acids is 2. The summed E-state index contributed by atoms with van der Waals surface area (Å²) in [5, 5.41) is 0. The summed E-state index contributed by atoms with van der Waals surface area (Å²) in [4.78, 5) is 24.4. The summed E-state index contributed by atoms with van der Waals surface area (Å²) in [5.41, 5.74) is 1.07. The lowest BCUT2D eigenvalue weighted by atomic mass is 9.50. The minimum Gasteiger partial charge on any atom is -0.457 e. The number of cyclic esters (lactones) is 1. The fourth-order valence-electron chi connectivity index (χ4n) is 5.10. The molecule has 0 aromatic carbocycles. The molecule has 5 nitrogen and oxygen atoms in total. The van der Waals surface area contributed by atoms with Gasteiger partial charge < -0.3 is 14.2 Å². The zero-order chi connectivity index (χ0) is 15.7. The Bertz CT molecular complexity index is 633. The van der Waals surface area contributed by atoms with Crippen molar-refractivity contribution in [3.63, 3.8) is 0 Å². The van der Waals surface area contributed by atoms with Crippen LogP contribution in [0.5, 0.6) is 0 Å². The molecule has 1 saturated heterocycles. The number of ether oxygens (including phenoxy) is 3. The van der Waals surface area contributed by atoms with Crippen molar-refractivity contribution in [2.24, 2.45) is 16.7 Å². The standard InChI is InChI=1S/C17H20O5/c1-16-5-4-6-17(2)13(16)11(21-15(17)19)7-9-10(16)8-12(18)22-14(9)20-3/h7-8,11,13-14H,4-6H2,1-3H3/t11?,13-,14+,16-,17+/m1/s1. The summed E-state index contributed by atoms with van der Waals surface area (Å²) < 4.78 is 16.2. The molecule has 0 radical (unpaired) electrons. The Morgan fingerprint density at radius 1 is 1.18 bits per heavy atom. The smallest absolute Gasteiger partial charge is 0.333 e. The van der Waals surface area contributed by atoms with Crippen molar-refractivity contribution in [3.8, 4) is 0 Å². The summed E-state index contributed by atoms with van der Waals surface area (Å²) in [6, 6.07) is 0. The van der Waals surface area contributed by atoms with E-state index < -0.39 is 11.7 Å². The zero-order valence-corrected chi connectivity index (χ0v) is 13.0. The van der Waals surface area contributed by atoms with Crippen LogP contribution in [0.3, 0.4) is 0 Å². The lowest BCUT2D eigenvalue weighted by Gasteiger charge is -2.52. The first-order chi connectivity index (χ1) is 10.4. The van der Waals surface area contributed by atoms with Crippen LogP contribution in [-0.2, 0) is 23.8 Å². The summed E-state index contributed by atoms with van der Waals surface area (Å²) in [7, 11) is 1.52. The molecule has 2 heterocycles. The van der Waals surface area contributed by atoms with Crippen molar-refractivity contribution < 1.29 is 23.8 Å². The maximum absolute atomic E-state index is 12.4. The van der Waals surface area contributed by atoms with Crippen LogP contribution in [-0.4, -0.2) is 31.4 Å². The molecule has 1 unspecified atom stereocenters. The Morgan fingerprint density at radius 3 is 2.64 bits per heavy atom. The SMILES string of the molecule is CO[C@H]1OC(=O)C=C2C1=CC1OC(=O)[C@@]3(C)CCC[C@@]2(C)[C@@H]13. The third kappa shape index (κ3) is 1.52. The van der Waals surface area contributed by atoms with E-state index in [0.29, 0.717) is 0 Å². The van der Waals surface area contributed by atoms with E-state index in [9.17, 15) is 9.59 Å². The number of carbonyl (C=O) groups is 2. The predicted molar refractivity (Wildman–Crippen MR) is 76.5 cm³/mol. The van der Waals surface area contributed by atoms with E-state index in [1.54, 1.807) is 6.08 Å². The minimum absolute atomic E-state index is 0.0691. The number of hydrogen-bond acceptors (Lipinski definition) is 5. The normalized spacial score (nSPS) is 46.0. The van der Waals surface area contributed by atoms with Gasteiger partial charge in [-0.2, -0.15) is 0 Å². The lowest BCUT2D eigenvalue weighted by molar-refractivity contribution is -0.163. The van der Waals surface area contributed by atoms with Crippen LogP contribution in [0.25, 0.3) is 0 Å². The first kappa shape index (κ1) is 14.0. The molecule has 0 aromatic heterocycles. The van der Waals surface area contributed by atoms with Gasteiger partial charge in [0.15, 0.2) is 0 Å². The van der Waals surface area contributed by atoms with Gasteiger partial charge in [0.25, 0.3) is 0 Å². The molecule has 22 heavy (non-hydrogen) atoms. The number of hydrogen-bond donors (Lipinski definition) is 0. The Labute approximate surface area is 129 Å². The second-order valence-electron chi connectivity index (χ2n) is 7.22. The van der Waals surface area contributed by atoms with Crippen LogP contribution >= 0.6 is 0 Å². The Kier molecular flexibility index (Phi) is 2.69. The molecule has 2 aliphatic heterocycles. The van der Waals surface area contributed by atoms with Crippen molar-refractivity contribution in [1.29, 1.82) is 0 Å². The largest absolute Gasteiger partial charge is 0.457 e. The average Bonchev–Trinajstić information content (AvgIpc) is 2.72. The van der Waals surface area contributed by atoms with Gasteiger partial charge in [0, 0.05) is 30.1 Å². The molecular weight excluding hydrogens is 284 g/mol.